The van der Waals surface area contributed by atoms with Gasteiger partial charge in [-0.15, -0.1) is 0 Å². The number of amides is 2. The van der Waals surface area contributed by atoms with Crippen molar-refractivity contribution in [2.24, 2.45) is 7.05 Å². The molecule has 4 aromatic rings. The van der Waals surface area contributed by atoms with Crippen LogP contribution in [0.3, 0.4) is 0 Å². The Hall–Kier alpha value is -4.24. The largest absolute Gasteiger partial charge is 0.496 e. The van der Waals surface area contributed by atoms with Crippen molar-refractivity contribution in [1.29, 1.82) is 0 Å². The number of fused-ring (bicyclic) bond motifs is 3. The van der Waals surface area contributed by atoms with Gasteiger partial charge in [0, 0.05) is 35.6 Å². The minimum Gasteiger partial charge on any atom is -0.496 e. The fraction of sp³-hybridized carbons (Fsp3) is 0.207. The molecule has 2 heterocycles. The summed E-state index contributed by atoms with van der Waals surface area (Å²) in [5.41, 5.74) is 3.00. The van der Waals surface area contributed by atoms with Crippen molar-refractivity contribution in [2.75, 3.05) is 24.9 Å². The van der Waals surface area contributed by atoms with Gasteiger partial charge in [0.05, 0.1) is 36.2 Å². The maximum atomic E-state index is 14.1. The maximum Gasteiger partial charge on any atom is 0.339 e. The molecule has 0 bridgehead atoms. The van der Waals surface area contributed by atoms with E-state index in [1.54, 1.807) is 31.4 Å². The Bertz CT molecular complexity index is 1550. The first-order valence-corrected chi connectivity index (χ1v) is 13.0. The van der Waals surface area contributed by atoms with Crippen molar-refractivity contribution in [3.05, 3.63) is 89.5 Å². The molecule has 0 saturated carbocycles. The zero-order chi connectivity index (χ0) is 26.8. The van der Waals surface area contributed by atoms with Gasteiger partial charge in [-0.2, -0.15) is 0 Å². The number of hydrogen-bond acceptors (Lipinski definition) is 6. The van der Waals surface area contributed by atoms with Crippen molar-refractivity contribution in [3.8, 4) is 5.75 Å². The number of thioether (sulfide) groups is 1. The molecule has 3 aromatic carbocycles. The third-order valence-electron chi connectivity index (χ3n) is 6.69. The molecule has 8 nitrogen and oxygen atoms in total. The second-order valence-electron chi connectivity index (χ2n) is 8.79. The van der Waals surface area contributed by atoms with Crippen LogP contribution < -0.4 is 15.0 Å². The van der Waals surface area contributed by atoms with Crippen molar-refractivity contribution in [2.45, 2.75) is 17.6 Å². The molecule has 9 heteroatoms. The Labute approximate surface area is 224 Å². The Morgan fingerprint density at radius 1 is 1.00 bits per heavy atom. The summed E-state index contributed by atoms with van der Waals surface area (Å²) < 4.78 is 12.5. The number of esters is 1. The number of nitrogens with zero attached hydrogens (tertiary/aromatic N) is 2. The lowest BCUT2D eigenvalue weighted by Crippen LogP contribution is -2.44. The first-order valence-electron chi connectivity index (χ1n) is 12.0. The predicted molar refractivity (Wildman–Crippen MR) is 146 cm³/mol. The summed E-state index contributed by atoms with van der Waals surface area (Å²) in [6.07, 6.45) is 0. The first kappa shape index (κ1) is 25.4. The number of aromatic nitrogens is 1. The average molecular weight is 530 g/mol. The smallest absolute Gasteiger partial charge is 0.339 e. The van der Waals surface area contributed by atoms with E-state index in [2.05, 4.69) is 5.32 Å². The van der Waals surface area contributed by atoms with E-state index in [-0.39, 0.29) is 29.7 Å². The van der Waals surface area contributed by atoms with Gasteiger partial charge in [0.1, 0.15) is 11.8 Å². The Morgan fingerprint density at radius 2 is 1.71 bits per heavy atom. The van der Waals surface area contributed by atoms with Gasteiger partial charge in [0.25, 0.3) is 0 Å². The van der Waals surface area contributed by atoms with Gasteiger partial charge in [0.15, 0.2) is 0 Å². The van der Waals surface area contributed by atoms with E-state index in [1.807, 2.05) is 60.1 Å². The highest BCUT2D eigenvalue weighted by molar-refractivity contribution is 8.00. The molecule has 0 radical (unpaired) electrons. The molecule has 194 valence electrons. The number of nitrogens with one attached hydrogen (secondary N) is 1. The van der Waals surface area contributed by atoms with Crippen LogP contribution >= 0.6 is 11.8 Å². The second-order valence-corrected chi connectivity index (χ2v) is 9.75. The third kappa shape index (κ3) is 4.39. The molecule has 1 unspecified atom stereocenters. The summed E-state index contributed by atoms with van der Waals surface area (Å²) in [6, 6.07) is 20.9. The van der Waals surface area contributed by atoms with E-state index in [9.17, 15) is 14.4 Å². The van der Waals surface area contributed by atoms with Crippen molar-refractivity contribution in [1.82, 2.24) is 9.88 Å². The number of carbonyl (C=O) groups excluding carboxylic acids is 3. The van der Waals surface area contributed by atoms with Crippen LogP contribution in [0.15, 0.2) is 77.8 Å². The molecule has 0 saturated heterocycles. The summed E-state index contributed by atoms with van der Waals surface area (Å²) in [5.74, 6) is -0.494. The molecule has 1 aliphatic heterocycles. The zero-order valence-electron chi connectivity index (χ0n) is 21.3. The van der Waals surface area contributed by atoms with Gasteiger partial charge in [-0.25, -0.2) is 4.79 Å². The van der Waals surface area contributed by atoms with Gasteiger partial charge in [-0.1, -0.05) is 60.3 Å². The Balaban J connectivity index is 1.68. The van der Waals surface area contributed by atoms with Gasteiger partial charge in [-0.05, 0) is 24.3 Å². The van der Waals surface area contributed by atoms with E-state index in [4.69, 9.17) is 9.47 Å². The Morgan fingerprint density at radius 3 is 2.50 bits per heavy atom. The first-order chi connectivity index (χ1) is 18.5. The number of hydrogen-bond donors (Lipinski definition) is 1. The van der Waals surface area contributed by atoms with Crippen LogP contribution in [-0.2, 0) is 27.9 Å². The number of carbonyl (C=O) groups is 3. The molecular formula is C29H27N3O5S. The quantitative estimate of drug-likeness (QED) is 0.371. The maximum absolute atomic E-state index is 14.1. The van der Waals surface area contributed by atoms with Gasteiger partial charge in [-0.3, -0.25) is 14.5 Å². The van der Waals surface area contributed by atoms with Gasteiger partial charge < -0.3 is 19.4 Å². The molecule has 0 spiro atoms. The highest BCUT2D eigenvalue weighted by Gasteiger charge is 2.41. The second kappa shape index (κ2) is 10.6. The van der Waals surface area contributed by atoms with Gasteiger partial charge in [0.2, 0.25) is 11.8 Å². The number of benzene rings is 3. The predicted octanol–water partition coefficient (Wildman–Crippen LogP) is 4.47. The summed E-state index contributed by atoms with van der Waals surface area (Å²) >= 11 is 1.39. The molecule has 1 aromatic heterocycles. The number of methoxy groups -OCH3 is 2. The fourth-order valence-electron chi connectivity index (χ4n) is 4.93. The lowest BCUT2D eigenvalue weighted by Gasteiger charge is -2.31. The normalized spacial score (nSPS) is 15.1. The van der Waals surface area contributed by atoms with E-state index in [0.717, 1.165) is 27.1 Å². The van der Waals surface area contributed by atoms with Crippen LogP contribution in [0.5, 0.6) is 5.75 Å². The monoisotopic (exact) mass is 529 g/mol. The highest BCUT2D eigenvalue weighted by Crippen LogP contribution is 2.44. The van der Waals surface area contributed by atoms with E-state index in [0.29, 0.717) is 11.4 Å². The lowest BCUT2D eigenvalue weighted by atomic mass is 10.0. The number of aryl methyl sites for hydroxylation is 1. The summed E-state index contributed by atoms with van der Waals surface area (Å²) in [6.45, 7) is 0.202. The third-order valence-corrected chi connectivity index (χ3v) is 7.84. The molecular weight excluding hydrogens is 502 g/mol. The standard InChI is InChI=1S/C29H27N3O5S/c1-31-21-13-7-5-11-19(21)25-26(27(34)30-16-18-10-4-9-15-23(18)36-2)32(24(33)17-38-28(25)31)22-14-8-6-12-20(22)29(35)37-3/h4-15,26H,16-17H2,1-3H3,(H,30,34). The molecule has 0 fully saturated rings. The minimum absolute atomic E-state index is 0.100. The molecule has 2 amide bonds. The van der Waals surface area contributed by atoms with Crippen molar-refractivity contribution in [3.63, 3.8) is 0 Å². The lowest BCUT2D eigenvalue weighted by molar-refractivity contribution is -0.125. The van der Waals surface area contributed by atoms with Crippen molar-refractivity contribution < 1.29 is 23.9 Å². The number of anilines is 1. The van der Waals surface area contributed by atoms with E-state index in [1.165, 1.54) is 23.8 Å². The van der Waals surface area contributed by atoms with Crippen LogP contribution in [0.2, 0.25) is 0 Å². The fourth-order valence-corrected chi connectivity index (χ4v) is 6.00. The zero-order valence-corrected chi connectivity index (χ0v) is 22.1. The number of para-hydroxylation sites is 3. The highest BCUT2D eigenvalue weighted by atomic mass is 32.2. The summed E-state index contributed by atoms with van der Waals surface area (Å²) in [5, 5.41) is 4.72. The summed E-state index contributed by atoms with van der Waals surface area (Å²) in [4.78, 5) is 42.0. The molecule has 1 N–H and O–H groups in total. The summed E-state index contributed by atoms with van der Waals surface area (Å²) in [7, 11) is 4.80. The van der Waals surface area contributed by atoms with E-state index >= 15 is 0 Å². The number of ether oxygens (including phenoxy) is 2. The Kier molecular flexibility index (Phi) is 7.11. The molecule has 1 aliphatic rings. The molecule has 0 aliphatic carbocycles. The van der Waals surface area contributed by atoms with Crippen LogP contribution in [0.1, 0.15) is 27.5 Å². The number of rotatable bonds is 6. The van der Waals surface area contributed by atoms with Crippen LogP contribution in [0.4, 0.5) is 5.69 Å². The van der Waals surface area contributed by atoms with Crippen LogP contribution in [0, 0.1) is 0 Å². The van der Waals surface area contributed by atoms with Crippen molar-refractivity contribution >= 4 is 46.1 Å². The topological polar surface area (TPSA) is 89.9 Å². The SMILES string of the molecule is COC(=O)c1ccccc1N1C(=O)CSc2c(c3ccccc3n2C)C1C(=O)NCc1ccccc1OC. The minimum atomic E-state index is -1.03. The van der Waals surface area contributed by atoms with Crippen LogP contribution in [-0.4, -0.2) is 42.3 Å². The van der Waals surface area contributed by atoms with Crippen LogP contribution in [0.25, 0.3) is 10.9 Å². The molecule has 1 atom stereocenters. The molecule has 5 rings (SSSR count). The average Bonchev–Trinajstić information content (AvgIpc) is 3.13. The van der Waals surface area contributed by atoms with Gasteiger partial charge >= 0.3 is 5.97 Å². The molecule has 38 heavy (non-hydrogen) atoms. The van der Waals surface area contributed by atoms with E-state index < -0.39 is 12.0 Å².